The van der Waals surface area contributed by atoms with Gasteiger partial charge in [-0.05, 0) is 0 Å². The van der Waals surface area contributed by atoms with E-state index >= 15 is 0 Å². The predicted octanol–water partition coefficient (Wildman–Crippen LogP) is -0.124. The van der Waals surface area contributed by atoms with E-state index in [1.165, 1.54) is 0 Å². The van der Waals surface area contributed by atoms with E-state index in [-0.39, 0.29) is 81.4 Å². The van der Waals surface area contributed by atoms with E-state index in [1.807, 2.05) is 0 Å². The fraction of sp³-hybridized carbons (Fsp3) is 0. The van der Waals surface area contributed by atoms with Crippen LogP contribution < -0.4 is 0 Å². The van der Waals surface area contributed by atoms with E-state index in [0.717, 1.165) is 0 Å². The maximum absolute atomic E-state index is 0. The standard InChI is InChI=1S/Ce.Cu.Mn.O/q+3;2*+2;-2. The summed E-state index contributed by atoms with van der Waals surface area (Å²) >= 11 is 0. The Hall–Kier alpha value is 2.38. The van der Waals surface area contributed by atoms with Gasteiger partial charge in [0, 0.05) is 0 Å². The molecule has 0 aliphatic carbocycles. The molecule has 1 nitrogen and oxygen atoms in total. The molecule has 0 amide bonds. The SMILES string of the molecule is [Ce+3].[Cu+2].[Mn+2].[O-2]. The molecular weight excluding hydrogens is 275 g/mol. The molecule has 0 unspecified atom stereocenters. The molecule has 0 aromatic rings. The molecule has 0 fully saturated rings. The monoisotopic (exact) mass is 274 g/mol. The molecule has 0 aliphatic heterocycles. The molecule has 4 heavy (non-hydrogen) atoms. The van der Waals surface area contributed by atoms with Gasteiger partial charge in [-0.2, -0.15) is 0 Å². The third-order valence-corrected chi connectivity index (χ3v) is 0. The van der Waals surface area contributed by atoms with Crippen LogP contribution in [0.25, 0.3) is 0 Å². The van der Waals surface area contributed by atoms with E-state index < -0.39 is 0 Å². The molecule has 23 valence electrons. The molecule has 3 radical (unpaired) electrons. The van der Waals surface area contributed by atoms with Gasteiger partial charge in [-0.25, -0.2) is 0 Å². The normalized spacial score (nSPS) is 0. The molecule has 0 N–H and O–H groups in total. The van der Waals surface area contributed by atoms with Gasteiger partial charge in [0.1, 0.15) is 0 Å². The Morgan fingerprint density at radius 1 is 1.00 bits per heavy atom. The van der Waals surface area contributed by atoms with Gasteiger partial charge < -0.3 is 5.48 Å². The molecular formula is CeCuMnO+5. The third-order valence-electron chi connectivity index (χ3n) is 0. The van der Waals surface area contributed by atoms with Gasteiger partial charge in [0.2, 0.25) is 0 Å². The first-order valence-corrected chi connectivity index (χ1v) is 0. The van der Waals surface area contributed by atoms with Crippen LogP contribution in [0.1, 0.15) is 0 Å². The van der Waals surface area contributed by atoms with Crippen molar-refractivity contribution >= 4 is 0 Å². The zero-order chi connectivity index (χ0) is 0. The van der Waals surface area contributed by atoms with Gasteiger partial charge in [-0.3, -0.25) is 0 Å². The fourth-order valence-corrected chi connectivity index (χ4v) is 0. The quantitative estimate of drug-likeness (QED) is 0.551. The van der Waals surface area contributed by atoms with Crippen molar-refractivity contribution in [3.05, 3.63) is 0 Å². The number of rotatable bonds is 0. The Balaban J connectivity index is 0. The summed E-state index contributed by atoms with van der Waals surface area (Å²) in [5.41, 5.74) is 0. The van der Waals surface area contributed by atoms with E-state index in [0.29, 0.717) is 0 Å². The second-order valence-electron chi connectivity index (χ2n) is 0. The van der Waals surface area contributed by atoms with Crippen LogP contribution >= 0.6 is 0 Å². The van der Waals surface area contributed by atoms with Crippen LogP contribution in [0.5, 0.6) is 0 Å². The Labute approximate surface area is 79.9 Å². The molecule has 0 saturated carbocycles. The van der Waals surface area contributed by atoms with Crippen molar-refractivity contribution in [2.24, 2.45) is 0 Å². The molecule has 0 heterocycles. The van der Waals surface area contributed by atoms with Crippen molar-refractivity contribution in [2.75, 3.05) is 0 Å². The van der Waals surface area contributed by atoms with Gasteiger partial charge >= 0.3 is 75.9 Å². The van der Waals surface area contributed by atoms with Gasteiger partial charge in [-0.1, -0.05) is 0 Å². The van der Waals surface area contributed by atoms with Crippen molar-refractivity contribution in [2.45, 2.75) is 0 Å². The fourth-order valence-electron chi connectivity index (χ4n) is 0. The summed E-state index contributed by atoms with van der Waals surface area (Å²) in [4.78, 5) is 0. The van der Waals surface area contributed by atoms with Crippen LogP contribution in [0.4, 0.5) is 0 Å². The average Bonchev–Trinajstić information content (AvgIpc) is 0. The summed E-state index contributed by atoms with van der Waals surface area (Å²) in [6.45, 7) is 0. The topological polar surface area (TPSA) is 28.5 Å². The second kappa shape index (κ2) is 18.2. The molecule has 0 rings (SSSR count). The van der Waals surface area contributed by atoms with Gasteiger partial charge in [0.15, 0.2) is 0 Å². The Morgan fingerprint density at radius 2 is 1.00 bits per heavy atom. The van der Waals surface area contributed by atoms with Crippen LogP contribution in [0.2, 0.25) is 0 Å². The largest absolute Gasteiger partial charge is 3.00 e. The average molecular weight is 275 g/mol. The zero-order valence-corrected chi connectivity index (χ0v) is 6.85. The van der Waals surface area contributed by atoms with Crippen LogP contribution in [0, 0.1) is 41.7 Å². The molecule has 0 spiro atoms. The van der Waals surface area contributed by atoms with Crippen LogP contribution in [0.3, 0.4) is 0 Å². The Bertz CT molecular complexity index is 8.00. The molecule has 0 bridgehead atoms. The smallest absolute Gasteiger partial charge is 2.00 e. The molecule has 4 heteroatoms. The van der Waals surface area contributed by atoms with E-state index in [9.17, 15) is 0 Å². The van der Waals surface area contributed by atoms with E-state index in [4.69, 9.17) is 0 Å². The maximum Gasteiger partial charge on any atom is 3.00 e. The van der Waals surface area contributed by atoms with E-state index in [1.54, 1.807) is 0 Å². The van der Waals surface area contributed by atoms with Crippen molar-refractivity contribution in [3.63, 3.8) is 0 Å². The summed E-state index contributed by atoms with van der Waals surface area (Å²) < 4.78 is 0. The first kappa shape index (κ1) is 32.6. The minimum atomic E-state index is 0. The van der Waals surface area contributed by atoms with Crippen molar-refractivity contribution < 1.29 is 81.4 Å². The first-order chi connectivity index (χ1) is 0. The Morgan fingerprint density at radius 3 is 1.00 bits per heavy atom. The summed E-state index contributed by atoms with van der Waals surface area (Å²) in [6.07, 6.45) is 0. The summed E-state index contributed by atoms with van der Waals surface area (Å²) in [7, 11) is 0. The van der Waals surface area contributed by atoms with Crippen LogP contribution in [0.15, 0.2) is 0 Å². The molecule has 0 aliphatic rings. The summed E-state index contributed by atoms with van der Waals surface area (Å²) in [5, 5.41) is 0. The molecule has 0 aromatic heterocycles. The summed E-state index contributed by atoms with van der Waals surface area (Å²) in [6, 6.07) is 0. The molecule has 0 saturated heterocycles. The number of hydrogen-bond donors (Lipinski definition) is 0. The predicted molar refractivity (Wildman–Crippen MR) is 0.686 cm³/mol. The molecule has 0 atom stereocenters. The zero-order valence-electron chi connectivity index (χ0n) is 1.59. The van der Waals surface area contributed by atoms with Gasteiger partial charge in [0.05, 0.1) is 0 Å². The van der Waals surface area contributed by atoms with E-state index in [2.05, 4.69) is 0 Å². The molecule has 0 aromatic carbocycles. The van der Waals surface area contributed by atoms with Crippen molar-refractivity contribution in [3.8, 4) is 0 Å². The number of hydrogen-bond acceptors (Lipinski definition) is 0. The van der Waals surface area contributed by atoms with Crippen molar-refractivity contribution in [1.29, 1.82) is 0 Å². The van der Waals surface area contributed by atoms with Crippen LogP contribution in [-0.2, 0) is 39.6 Å². The minimum Gasteiger partial charge on any atom is -2.00 e. The maximum atomic E-state index is 0. The summed E-state index contributed by atoms with van der Waals surface area (Å²) in [5.74, 6) is 0. The van der Waals surface area contributed by atoms with Crippen LogP contribution in [-0.4, -0.2) is 0 Å². The van der Waals surface area contributed by atoms with Crippen molar-refractivity contribution in [1.82, 2.24) is 0 Å². The minimum absolute atomic E-state index is 0. The van der Waals surface area contributed by atoms with Gasteiger partial charge in [0.25, 0.3) is 0 Å². The Kier molecular flexibility index (Phi) is 149. The third kappa shape index (κ3) is 8.83. The first-order valence-electron chi connectivity index (χ1n) is 0. The second-order valence-corrected chi connectivity index (χ2v) is 0. The van der Waals surface area contributed by atoms with Gasteiger partial charge in [-0.15, -0.1) is 0 Å².